The summed E-state index contributed by atoms with van der Waals surface area (Å²) >= 11 is 0. The van der Waals surface area contributed by atoms with Crippen molar-refractivity contribution in [2.24, 2.45) is 4.99 Å². The highest BCUT2D eigenvalue weighted by Gasteiger charge is 2.13. The lowest BCUT2D eigenvalue weighted by atomic mass is 10.1. The number of hydrogen-bond donors (Lipinski definition) is 1. The number of carbonyl (C=O) groups is 1. The van der Waals surface area contributed by atoms with Crippen LogP contribution in [-0.2, 0) is 0 Å². The maximum Gasteiger partial charge on any atom is 0.255 e. The molecule has 0 saturated heterocycles. The summed E-state index contributed by atoms with van der Waals surface area (Å²) in [6.07, 6.45) is 1.69. The fourth-order valence-corrected chi connectivity index (χ4v) is 2.97. The number of hydrogen-bond acceptors (Lipinski definition) is 5. The van der Waals surface area contributed by atoms with Crippen molar-refractivity contribution in [1.82, 2.24) is 0 Å². The summed E-state index contributed by atoms with van der Waals surface area (Å²) in [5.41, 5.74) is 3.64. The number of nitrogens with one attached hydrogen (secondary N) is 1. The van der Waals surface area contributed by atoms with Gasteiger partial charge in [-0.15, -0.1) is 0 Å². The molecule has 0 heterocycles. The molecule has 1 N–H and O–H groups in total. The Bertz CT molecular complexity index is 1040. The van der Waals surface area contributed by atoms with Crippen LogP contribution < -0.4 is 19.5 Å². The molecule has 1 amide bonds. The van der Waals surface area contributed by atoms with Crippen molar-refractivity contribution in [2.45, 2.75) is 6.92 Å². The third-order valence-corrected chi connectivity index (χ3v) is 4.48. The van der Waals surface area contributed by atoms with Crippen LogP contribution in [0.15, 0.2) is 65.7 Å². The number of benzene rings is 3. The van der Waals surface area contributed by atoms with Gasteiger partial charge in [0.2, 0.25) is 5.75 Å². The van der Waals surface area contributed by atoms with Gasteiger partial charge in [-0.1, -0.05) is 24.3 Å². The van der Waals surface area contributed by atoms with Crippen molar-refractivity contribution < 1.29 is 19.0 Å². The van der Waals surface area contributed by atoms with Gasteiger partial charge in [-0.3, -0.25) is 9.79 Å². The number of anilines is 1. The van der Waals surface area contributed by atoms with Crippen molar-refractivity contribution in [3.8, 4) is 17.2 Å². The molecule has 0 aromatic heterocycles. The van der Waals surface area contributed by atoms with E-state index in [2.05, 4.69) is 10.3 Å². The standard InChI is InChI=1S/C24H24N2O4/c1-16-10-11-19(20(12-16)26-24(27)18-8-6-5-7-9-18)25-15-17-13-21(28-2)23(30-4)22(14-17)29-3/h5-15H,1-4H3,(H,26,27). The van der Waals surface area contributed by atoms with Crippen LogP contribution in [0.25, 0.3) is 0 Å². The molecule has 0 aliphatic carbocycles. The zero-order valence-corrected chi connectivity index (χ0v) is 17.4. The number of aryl methyl sites for hydroxylation is 1. The highest BCUT2D eigenvalue weighted by Crippen LogP contribution is 2.38. The number of aliphatic imine (C=N–C) groups is 1. The fraction of sp³-hybridized carbons (Fsp3) is 0.167. The van der Waals surface area contributed by atoms with E-state index in [1.165, 1.54) is 0 Å². The Balaban J connectivity index is 1.92. The van der Waals surface area contributed by atoms with Gasteiger partial charge in [0.05, 0.1) is 32.7 Å². The predicted molar refractivity (Wildman–Crippen MR) is 119 cm³/mol. The van der Waals surface area contributed by atoms with Gasteiger partial charge in [-0.05, 0) is 48.9 Å². The highest BCUT2D eigenvalue weighted by molar-refractivity contribution is 6.06. The summed E-state index contributed by atoms with van der Waals surface area (Å²) in [6.45, 7) is 1.96. The Morgan fingerprint density at radius 2 is 1.57 bits per heavy atom. The summed E-state index contributed by atoms with van der Waals surface area (Å²) in [7, 11) is 4.69. The molecular weight excluding hydrogens is 380 g/mol. The third-order valence-electron chi connectivity index (χ3n) is 4.48. The number of methoxy groups -OCH3 is 3. The second-order valence-electron chi connectivity index (χ2n) is 6.56. The predicted octanol–water partition coefficient (Wildman–Crippen LogP) is 5.02. The van der Waals surface area contributed by atoms with Crippen molar-refractivity contribution in [2.75, 3.05) is 26.6 Å². The fourth-order valence-electron chi connectivity index (χ4n) is 2.97. The van der Waals surface area contributed by atoms with E-state index in [9.17, 15) is 4.79 Å². The molecule has 6 heteroatoms. The molecule has 0 fully saturated rings. The molecule has 0 aliphatic rings. The minimum Gasteiger partial charge on any atom is -0.493 e. The van der Waals surface area contributed by atoms with Crippen molar-refractivity contribution in [3.63, 3.8) is 0 Å². The molecule has 0 aliphatic heterocycles. The maximum absolute atomic E-state index is 12.6. The third kappa shape index (κ3) is 4.78. The minimum absolute atomic E-state index is 0.189. The second-order valence-corrected chi connectivity index (χ2v) is 6.56. The first-order valence-electron chi connectivity index (χ1n) is 9.37. The van der Waals surface area contributed by atoms with Crippen LogP contribution in [0.1, 0.15) is 21.5 Å². The van der Waals surface area contributed by atoms with E-state index < -0.39 is 0 Å². The van der Waals surface area contributed by atoms with Crippen LogP contribution >= 0.6 is 0 Å². The molecule has 0 spiro atoms. The first-order valence-corrected chi connectivity index (χ1v) is 9.37. The topological polar surface area (TPSA) is 69.2 Å². The zero-order valence-electron chi connectivity index (χ0n) is 17.4. The van der Waals surface area contributed by atoms with Crippen molar-refractivity contribution >= 4 is 23.5 Å². The normalized spacial score (nSPS) is 10.7. The molecular formula is C24H24N2O4. The molecule has 0 saturated carbocycles. The van der Waals surface area contributed by atoms with E-state index in [0.29, 0.717) is 34.2 Å². The van der Waals surface area contributed by atoms with E-state index >= 15 is 0 Å². The van der Waals surface area contributed by atoms with Gasteiger partial charge in [0.1, 0.15) is 0 Å². The average molecular weight is 404 g/mol. The van der Waals surface area contributed by atoms with Gasteiger partial charge >= 0.3 is 0 Å². The van der Waals surface area contributed by atoms with Gasteiger partial charge < -0.3 is 19.5 Å². The van der Waals surface area contributed by atoms with E-state index in [4.69, 9.17) is 14.2 Å². The summed E-state index contributed by atoms with van der Waals surface area (Å²) < 4.78 is 16.1. The SMILES string of the molecule is COc1cc(C=Nc2ccc(C)cc2NC(=O)c2ccccc2)cc(OC)c1OC. The Kier molecular flexibility index (Phi) is 6.70. The van der Waals surface area contributed by atoms with Crippen LogP contribution in [0, 0.1) is 6.92 Å². The Hall–Kier alpha value is -3.80. The molecule has 154 valence electrons. The van der Waals surface area contributed by atoms with E-state index in [-0.39, 0.29) is 5.91 Å². The molecule has 3 aromatic rings. The van der Waals surface area contributed by atoms with E-state index in [0.717, 1.165) is 11.1 Å². The Morgan fingerprint density at radius 1 is 0.900 bits per heavy atom. The molecule has 0 atom stereocenters. The van der Waals surface area contributed by atoms with Gasteiger partial charge in [0.15, 0.2) is 11.5 Å². The number of ether oxygens (including phenoxy) is 3. The first-order chi connectivity index (χ1) is 14.5. The molecule has 0 unspecified atom stereocenters. The van der Waals surface area contributed by atoms with Gasteiger partial charge in [-0.2, -0.15) is 0 Å². The Morgan fingerprint density at radius 3 is 2.17 bits per heavy atom. The molecule has 0 radical (unpaired) electrons. The summed E-state index contributed by atoms with van der Waals surface area (Å²) in [6, 6.07) is 18.4. The molecule has 30 heavy (non-hydrogen) atoms. The summed E-state index contributed by atoms with van der Waals surface area (Å²) in [4.78, 5) is 17.2. The zero-order chi connectivity index (χ0) is 21.5. The smallest absolute Gasteiger partial charge is 0.255 e. The lowest BCUT2D eigenvalue weighted by Crippen LogP contribution is -2.11. The van der Waals surface area contributed by atoms with Gasteiger partial charge in [0, 0.05) is 17.3 Å². The van der Waals surface area contributed by atoms with Crippen LogP contribution in [0.3, 0.4) is 0 Å². The van der Waals surface area contributed by atoms with Crippen LogP contribution in [0.4, 0.5) is 11.4 Å². The molecule has 0 bridgehead atoms. The van der Waals surface area contributed by atoms with Gasteiger partial charge in [0.25, 0.3) is 5.91 Å². The summed E-state index contributed by atoms with van der Waals surface area (Å²) in [5.74, 6) is 1.41. The van der Waals surface area contributed by atoms with E-state index in [1.807, 2.05) is 43.3 Å². The first kappa shape index (κ1) is 20.9. The van der Waals surface area contributed by atoms with Gasteiger partial charge in [-0.25, -0.2) is 0 Å². The monoisotopic (exact) mass is 404 g/mol. The van der Waals surface area contributed by atoms with Crippen LogP contribution in [0.2, 0.25) is 0 Å². The molecule has 6 nitrogen and oxygen atoms in total. The number of nitrogens with zero attached hydrogens (tertiary/aromatic N) is 1. The largest absolute Gasteiger partial charge is 0.493 e. The van der Waals surface area contributed by atoms with E-state index in [1.54, 1.807) is 51.8 Å². The quantitative estimate of drug-likeness (QED) is 0.561. The number of carbonyl (C=O) groups excluding carboxylic acids is 1. The second kappa shape index (κ2) is 9.60. The van der Waals surface area contributed by atoms with Crippen LogP contribution in [-0.4, -0.2) is 33.5 Å². The lowest BCUT2D eigenvalue weighted by Gasteiger charge is -2.13. The summed E-state index contributed by atoms with van der Waals surface area (Å²) in [5, 5.41) is 2.95. The minimum atomic E-state index is -0.189. The lowest BCUT2D eigenvalue weighted by molar-refractivity contribution is 0.102. The maximum atomic E-state index is 12.6. The highest BCUT2D eigenvalue weighted by atomic mass is 16.5. The Labute approximate surface area is 176 Å². The molecule has 3 aromatic carbocycles. The number of rotatable bonds is 7. The van der Waals surface area contributed by atoms with Crippen molar-refractivity contribution in [1.29, 1.82) is 0 Å². The van der Waals surface area contributed by atoms with Crippen molar-refractivity contribution in [3.05, 3.63) is 77.4 Å². The average Bonchev–Trinajstić information content (AvgIpc) is 2.78. The molecule has 3 rings (SSSR count). The number of amides is 1. The van der Waals surface area contributed by atoms with Crippen LogP contribution in [0.5, 0.6) is 17.2 Å².